The summed E-state index contributed by atoms with van der Waals surface area (Å²) in [6, 6.07) is 0. The van der Waals surface area contributed by atoms with E-state index in [-0.39, 0.29) is 5.41 Å². The maximum absolute atomic E-state index is 10.3. The maximum Gasteiger partial charge on any atom is 0.313 e. The first-order valence-electron chi connectivity index (χ1n) is 3.91. The highest BCUT2D eigenvalue weighted by atomic mass is 35.5. The Labute approximate surface area is 73.3 Å². The van der Waals surface area contributed by atoms with E-state index in [4.69, 9.17) is 11.6 Å². The molecule has 0 fully saturated rings. The van der Waals surface area contributed by atoms with Crippen molar-refractivity contribution >= 4 is 17.0 Å². The molecule has 0 aromatic carbocycles. The summed E-state index contributed by atoms with van der Waals surface area (Å²) >= 11 is 5.13. The Morgan fingerprint density at radius 1 is 1.55 bits per heavy atom. The van der Waals surface area contributed by atoms with Gasteiger partial charge in [-0.3, -0.25) is 4.79 Å². The second kappa shape index (κ2) is 4.60. The van der Waals surface area contributed by atoms with Crippen LogP contribution >= 0.6 is 11.6 Å². The van der Waals surface area contributed by atoms with E-state index in [1.54, 1.807) is 0 Å². The molecule has 0 unspecified atom stereocenters. The quantitative estimate of drug-likeness (QED) is 0.519. The van der Waals surface area contributed by atoms with E-state index in [1.165, 1.54) is 0 Å². The van der Waals surface area contributed by atoms with Crippen molar-refractivity contribution in [1.29, 1.82) is 0 Å². The van der Waals surface area contributed by atoms with Crippen LogP contribution < -0.4 is 5.32 Å². The largest absolute Gasteiger partial charge is 0.342 e. The van der Waals surface area contributed by atoms with Crippen LogP contribution in [0.2, 0.25) is 0 Å². The molecule has 0 aliphatic heterocycles. The molecule has 0 aromatic heterocycles. The summed E-state index contributed by atoms with van der Waals surface area (Å²) in [6.45, 7) is 7.01. The van der Waals surface area contributed by atoms with Crippen molar-refractivity contribution in [3.05, 3.63) is 0 Å². The van der Waals surface area contributed by atoms with E-state index < -0.39 is 5.37 Å². The van der Waals surface area contributed by atoms with Crippen LogP contribution in [0.5, 0.6) is 0 Å². The van der Waals surface area contributed by atoms with Crippen molar-refractivity contribution in [1.82, 2.24) is 5.32 Å². The molecule has 0 saturated heterocycles. The highest BCUT2D eigenvalue weighted by Gasteiger charge is 2.16. The van der Waals surface area contributed by atoms with E-state index in [1.807, 2.05) is 0 Å². The number of hydrogen-bond acceptors (Lipinski definition) is 1. The lowest BCUT2D eigenvalue weighted by molar-refractivity contribution is 0.250. The van der Waals surface area contributed by atoms with Crippen molar-refractivity contribution in [2.45, 2.75) is 33.6 Å². The molecule has 1 amide bonds. The van der Waals surface area contributed by atoms with E-state index in [2.05, 4.69) is 26.1 Å². The monoisotopic (exact) mass is 177 g/mol. The fourth-order valence-electron chi connectivity index (χ4n) is 1.07. The van der Waals surface area contributed by atoms with Gasteiger partial charge in [0.15, 0.2) is 0 Å². The van der Waals surface area contributed by atoms with Gasteiger partial charge in [-0.05, 0) is 23.4 Å². The molecular weight excluding hydrogens is 162 g/mol. The first kappa shape index (κ1) is 10.8. The van der Waals surface area contributed by atoms with Gasteiger partial charge in [0.25, 0.3) is 0 Å². The van der Waals surface area contributed by atoms with Crippen LogP contribution in [0.15, 0.2) is 0 Å². The van der Waals surface area contributed by atoms with E-state index in [9.17, 15) is 4.79 Å². The Balaban J connectivity index is 3.63. The fraction of sp³-hybridized carbons (Fsp3) is 0.875. The molecule has 0 aliphatic rings. The predicted molar refractivity (Wildman–Crippen MR) is 47.9 cm³/mol. The minimum absolute atomic E-state index is 0.166. The molecular formula is C8H16ClNO. The third kappa shape index (κ3) is 6.17. The molecule has 0 saturated carbocycles. The summed E-state index contributed by atoms with van der Waals surface area (Å²) in [4.78, 5) is 10.3. The van der Waals surface area contributed by atoms with E-state index >= 15 is 0 Å². The molecule has 0 atom stereocenters. The second-order valence-corrected chi connectivity index (χ2v) is 3.88. The molecule has 0 aliphatic carbocycles. The van der Waals surface area contributed by atoms with Crippen LogP contribution in [0.3, 0.4) is 0 Å². The van der Waals surface area contributed by atoms with Crippen LogP contribution in [0.1, 0.15) is 33.6 Å². The minimum atomic E-state index is -0.464. The van der Waals surface area contributed by atoms with Gasteiger partial charge in [0, 0.05) is 6.54 Å². The molecule has 66 valence electrons. The van der Waals surface area contributed by atoms with Crippen LogP contribution in [-0.2, 0) is 0 Å². The summed E-state index contributed by atoms with van der Waals surface area (Å²) in [5, 5.41) is 2.13. The van der Waals surface area contributed by atoms with Crippen LogP contribution in [0.4, 0.5) is 4.79 Å². The zero-order valence-corrected chi connectivity index (χ0v) is 8.16. The number of carbonyl (C=O) groups is 1. The molecule has 0 bridgehead atoms. The first-order chi connectivity index (χ1) is 4.98. The third-order valence-electron chi connectivity index (χ3n) is 1.63. The number of amides is 1. The fourth-order valence-corrected chi connectivity index (χ4v) is 1.14. The van der Waals surface area contributed by atoms with Crippen molar-refractivity contribution in [3.63, 3.8) is 0 Å². The number of halogens is 1. The summed E-state index contributed by atoms with van der Waals surface area (Å²) in [5.74, 6) is 0. The van der Waals surface area contributed by atoms with Crippen LogP contribution in [0, 0.1) is 5.41 Å². The number of hydrogen-bond donors (Lipinski definition) is 1. The predicted octanol–water partition coefficient (Wildman–Crippen LogP) is 2.76. The zero-order chi connectivity index (χ0) is 8.91. The third-order valence-corrected chi connectivity index (χ3v) is 1.77. The summed E-state index contributed by atoms with van der Waals surface area (Å²) in [6.07, 6.45) is 2.23. The smallest absolute Gasteiger partial charge is 0.313 e. The van der Waals surface area contributed by atoms with Gasteiger partial charge in [0.2, 0.25) is 0 Å². The standard InChI is InChI=1S/C8H16ClNO/c1-4-5-8(2,3)6-10-7(9)11/h4-6H2,1-3H3,(H,10,11). The van der Waals surface area contributed by atoms with E-state index in [0.29, 0.717) is 6.54 Å². The Hall–Kier alpha value is -0.240. The van der Waals surface area contributed by atoms with Gasteiger partial charge in [-0.15, -0.1) is 0 Å². The molecule has 0 rings (SSSR count). The molecule has 0 aromatic rings. The summed E-state index contributed by atoms with van der Waals surface area (Å²) in [7, 11) is 0. The van der Waals surface area contributed by atoms with E-state index in [0.717, 1.165) is 12.8 Å². The number of carbonyl (C=O) groups excluding carboxylic acids is 1. The van der Waals surface area contributed by atoms with Gasteiger partial charge in [0.05, 0.1) is 0 Å². The molecule has 11 heavy (non-hydrogen) atoms. The van der Waals surface area contributed by atoms with Gasteiger partial charge in [-0.2, -0.15) is 0 Å². The Bertz CT molecular complexity index is 134. The second-order valence-electron chi connectivity index (χ2n) is 3.54. The maximum atomic E-state index is 10.3. The number of nitrogens with one attached hydrogen (secondary N) is 1. The zero-order valence-electron chi connectivity index (χ0n) is 7.41. The lowest BCUT2D eigenvalue weighted by atomic mass is 9.88. The highest BCUT2D eigenvalue weighted by molar-refractivity contribution is 6.62. The van der Waals surface area contributed by atoms with Gasteiger partial charge in [-0.1, -0.05) is 27.2 Å². The Morgan fingerprint density at radius 2 is 2.09 bits per heavy atom. The Kier molecular flexibility index (Phi) is 4.50. The summed E-state index contributed by atoms with van der Waals surface area (Å²) in [5.41, 5.74) is 0.166. The van der Waals surface area contributed by atoms with Crippen molar-refractivity contribution < 1.29 is 4.79 Å². The molecule has 2 nitrogen and oxygen atoms in total. The Morgan fingerprint density at radius 3 is 2.45 bits per heavy atom. The topological polar surface area (TPSA) is 29.1 Å². The van der Waals surface area contributed by atoms with Crippen molar-refractivity contribution in [2.75, 3.05) is 6.54 Å². The molecule has 3 heteroatoms. The lowest BCUT2D eigenvalue weighted by Crippen LogP contribution is -2.30. The molecule has 0 heterocycles. The van der Waals surface area contributed by atoms with Crippen LogP contribution in [0.25, 0.3) is 0 Å². The van der Waals surface area contributed by atoms with Crippen molar-refractivity contribution in [2.24, 2.45) is 5.41 Å². The van der Waals surface area contributed by atoms with Crippen molar-refractivity contribution in [3.8, 4) is 0 Å². The highest BCUT2D eigenvalue weighted by Crippen LogP contribution is 2.20. The minimum Gasteiger partial charge on any atom is -0.342 e. The van der Waals surface area contributed by atoms with Crippen LogP contribution in [-0.4, -0.2) is 11.9 Å². The van der Waals surface area contributed by atoms with Gasteiger partial charge in [0.1, 0.15) is 0 Å². The van der Waals surface area contributed by atoms with Gasteiger partial charge < -0.3 is 5.32 Å². The number of rotatable bonds is 4. The normalized spacial score (nSPS) is 11.3. The lowest BCUT2D eigenvalue weighted by Gasteiger charge is -2.23. The molecule has 0 spiro atoms. The molecule has 1 N–H and O–H groups in total. The average Bonchev–Trinajstić information content (AvgIpc) is 1.84. The van der Waals surface area contributed by atoms with Gasteiger partial charge in [-0.25, -0.2) is 0 Å². The SMILES string of the molecule is CCCC(C)(C)CNC(=O)Cl. The average molecular weight is 178 g/mol. The molecule has 0 radical (unpaired) electrons. The summed E-state index contributed by atoms with van der Waals surface area (Å²) < 4.78 is 0. The van der Waals surface area contributed by atoms with Gasteiger partial charge >= 0.3 is 5.37 Å². The first-order valence-corrected chi connectivity index (χ1v) is 4.29.